The first kappa shape index (κ1) is 48.8. The molecule has 0 unspecified atom stereocenters. The average molecular weight is 1110 g/mol. The third-order valence-electron chi connectivity index (χ3n) is 10.3. The van der Waals surface area contributed by atoms with Gasteiger partial charge in [-0.1, -0.05) is 20.8 Å². The van der Waals surface area contributed by atoms with Crippen molar-refractivity contribution >= 4 is 73.2 Å². The zero-order chi connectivity index (χ0) is 49.8. The quantitative estimate of drug-likeness (QED) is 0.0910. The van der Waals surface area contributed by atoms with Gasteiger partial charge in [0, 0.05) is 35.3 Å². The first-order valence-corrected chi connectivity index (χ1v) is 22.2. The number of halogens is 5. The van der Waals surface area contributed by atoms with Gasteiger partial charge in [-0.3, -0.25) is 27.6 Å². The van der Waals surface area contributed by atoms with Crippen molar-refractivity contribution in [2.24, 2.45) is 0 Å². The van der Waals surface area contributed by atoms with Crippen molar-refractivity contribution in [3.05, 3.63) is 173 Å². The molecule has 9 rings (SSSR count). The highest BCUT2D eigenvalue weighted by atomic mass is 127. The second-order valence-electron chi connectivity index (χ2n) is 14.6. The van der Waals surface area contributed by atoms with E-state index in [0.717, 1.165) is 18.6 Å². The third-order valence-corrected chi connectivity index (χ3v) is 11.8. The van der Waals surface area contributed by atoms with Crippen LogP contribution in [0.5, 0.6) is 17.2 Å². The Bertz CT molecular complexity index is 3640. The number of aryl methyl sites for hydroxylation is 3. The van der Waals surface area contributed by atoms with Crippen LogP contribution >= 0.6 is 38.5 Å². The van der Waals surface area contributed by atoms with E-state index >= 15 is 0 Å². The van der Waals surface area contributed by atoms with Crippen LogP contribution < -0.4 is 0 Å². The number of rotatable bonds is 9. The van der Waals surface area contributed by atoms with Gasteiger partial charge >= 0.3 is 0 Å². The minimum atomic E-state index is -0.534. The lowest BCUT2D eigenvalue weighted by Gasteiger charge is -2.05. The van der Waals surface area contributed by atoms with Crippen LogP contribution in [0.1, 0.15) is 97.1 Å². The van der Waals surface area contributed by atoms with Gasteiger partial charge in [-0.2, -0.15) is 10.5 Å². The number of carbonyl (C=O) groups excluding carboxylic acids is 3. The topological polar surface area (TPSA) is 250 Å². The number of carbonyl (C=O) groups is 3. The number of aromatic hydroxyl groups is 3. The van der Waals surface area contributed by atoms with E-state index in [1.165, 1.54) is 74.3 Å². The molecular weight excluding hydrogens is 1080 g/mol. The Morgan fingerprint density at radius 3 is 1.36 bits per heavy atom. The number of nitriles is 2. The van der Waals surface area contributed by atoms with Gasteiger partial charge < -0.3 is 15.3 Å². The van der Waals surface area contributed by atoms with Crippen molar-refractivity contribution in [3.8, 4) is 29.4 Å². The van der Waals surface area contributed by atoms with Gasteiger partial charge in [0.05, 0.1) is 54.8 Å². The summed E-state index contributed by atoms with van der Waals surface area (Å²) in [6.07, 6.45) is 8.26. The van der Waals surface area contributed by atoms with Gasteiger partial charge in [0.15, 0.2) is 17.5 Å². The predicted octanol–water partition coefficient (Wildman–Crippen LogP) is 8.21. The number of hydrogen-bond donors (Lipinski definition) is 3. The molecule has 3 aromatic carbocycles. The van der Waals surface area contributed by atoms with Crippen LogP contribution in [0.25, 0.3) is 17.3 Å². The molecule has 17 nitrogen and oxygen atoms in total. The molecule has 0 aliphatic carbocycles. The Morgan fingerprint density at radius 1 is 0.594 bits per heavy atom. The summed E-state index contributed by atoms with van der Waals surface area (Å²) in [5.74, 6) is -2.25. The zero-order valence-corrected chi connectivity index (χ0v) is 39.8. The first-order valence-electron chi connectivity index (χ1n) is 20.4. The van der Waals surface area contributed by atoms with Crippen LogP contribution in [0.3, 0.4) is 0 Å². The van der Waals surface area contributed by atoms with Crippen LogP contribution in [-0.2, 0) is 19.3 Å². The molecule has 0 fully saturated rings. The molecule has 0 saturated heterocycles. The van der Waals surface area contributed by atoms with Crippen molar-refractivity contribution < 1.29 is 42.9 Å². The Kier molecular flexibility index (Phi) is 14.4. The largest absolute Gasteiger partial charge is 0.507 e. The second kappa shape index (κ2) is 20.4. The van der Waals surface area contributed by atoms with E-state index in [9.17, 15) is 42.9 Å². The fraction of sp³-hybridized carbons (Fsp3) is 0.128. The van der Waals surface area contributed by atoms with Crippen LogP contribution in [-0.4, -0.2) is 75.8 Å². The van der Waals surface area contributed by atoms with Crippen molar-refractivity contribution in [1.29, 1.82) is 10.5 Å². The summed E-state index contributed by atoms with van der Waals surface area (Å²) in [5.41, 5.74) is 3.00. The number of hydrogen-bond acceptors (Lipinski definition) is 14. The van der Waals surface area contributed by atoms with E-state index in [2.05, 4.69) is 45.8 Å². The lowest BCUT2D eigenvalue weighted by Crippen LogP contribution is -2.06. The Hall–Kier alpha value is -8.09. The third kappa shape index (κ3) is 9.84. The van der Waals surface area contributed by atoms with Gasteiger partial charge in [0.25, 0.3) is 0 Å². The summed E-state index contributed by atoms with van der Waals surface area (Å²) in [6.45, 7) is 5.51. The molecule has 0 saturated carbocycles. The zero-order valence-electron chi connectivity index (χ0n) is 36.1. The smallest absolute Gasteiger partial charge is 0.234 e. The van der Waals surface area contributed by atoms with Crippen LogP contribution in [0, 0.1) is 43.7 Å². The summed E-state index contributed by atoms with van der Waals surface area (Å²) >= 11 is 5.07. The summed E-state index contributed by atoms with van der Waals surface area (Å²) in [5, 5.41) is 46.8. The highest BCUT2D eigenvalue weighted by molar-refractivity contribution is 14.1. The number of phenols is 3. The first-order chi connectivity index (χ1) is 33.0. The maximum atomic E-state index is 13.4. The Labute approximate surface area is 410 Å². The highest BCUT2D eigenvalue weighted by Gasteiger charge is 2.24. The minimum Gasteiger partial charge on any atom is -0.507 e. The maximum Gasteiger partial charge on any atom is 0.234 e. The molecule has 0 radical (unpaired) electrons. The van der Waals surface area contributed by atoms with E-state index in [-0.39, 0.29) is 84.2 Å². The van der Waals surface area contributed by atoms with Crippen molar-refractivity contribution in [2.45, 2.75) is 40.0 Å². The van der Waals surface area contributed by atoms with Gasteiger partial charge in [-0.15, -0.1) is 0 Å². The fourth-order valence-electron chi connectivity index (χ4n) is 7.07. The number of nitrogens with zero attached hydrogens (tertiary/aromatic N) is 11. The van der Waals surface area contributed by atoms with Crippen molar-refractivity contribution in [1.82, 2.24) is 43.1 Å². The second-order valence-corrected chi connectivity index (χ2v) is 16.6. The van der Waals surface area contributed by atoms with E-state index in [4.69, 9.17) is 10.5 Å². The Balaban J connectivity index is 0.000000153. The molecule has 0 amide bonds. The van der Waals surface area contributed by atoms with E-state index < -0.39 is 29.0 Å². The fourth-order valence-corrected chi connectivity index (χ4v) is 8.04. The number of phenolic OH excluding ortho intramolecular Hbond substituents is 3. The molecular formula is C47H32BrF3IN11O6. The maximum absolute atomic E-state index is 13.4. The summed E-state index contributed by atoms with van der Waals surface area (Å²) in [6, 6.07) is 14.9. The molecule has 6 heterocycles. The van der Waals surface area contributed by atoms with Gasteiger partial charge in [-0.25, -0.2) is 43.1 Å². The van der Waals surface area contributed by atoms with Gasteiger partial charge in [0.1, 0.15) is 46.5 Å². The molecule has 0 aliphatic heterocycles. The number of ketones is 3. The van der Waals surface area contributed by atoms with E-state index in [0.29, 0.717) is 45.5 Å². The number of benzene rings is 3. The number of imidazole rings is 3. The van der Waals surface area contributed by atoms with Crippen LogP contribution in [0.4, 0.5) is 13.2 Å². The molecule has 3 N–H and O–H groups in total. The van der Waals surface area contributed by atoms with Crippen LogP contribution in [0.2, 0.25) is 0 Å². The van der Waals surface area contributed by atoms with Gasteiger partial charge in [-0.05, 0) is 106 Å². The number of fused-ring (bicyclic) bond motifs is 3. The summed E-state index contributed by atoms with van der Waals surface area (Å²) < 4.78 is 45.3. The molecule has 0 aliphatic rings. The van der Waals surface area contributed by atoms with E-state index in [1.807, 2.05) is 55.5 Å². The summed E-state index contributed by atoms with van der Waals surface area (Å²) in [4.78, 5) is 62.4. The van der Waals surface area contributed by atoms with Crippen molar-refractivity contribution in [2.75, 3.05) is 0 Å². The van der Waals surface area contributed by atoms with Crippen LogP contribution in [0.15, 0.2) is 90.2 Å². The predicted molar refractivity (Wildman–Crippen MR) is 251 cm³/mol. The molecule has 9 aromatic rings. The lowest BCUT2D eigenvalue weighted by molar-refractivity contribution is 0.102. The molecule has 6 aromatic heterocycles. The average Bonchev–Trinajstić information content (AvgIpc) is 4.03. The van der Waals surface area contributed by atoms with Crippen molar-refractivity contribution in [3.63, 3.8) is 0 Å². The molecule has 22 heteroatoms. The molecule has 0 atom stereocenters. The number of aromatic nitrogens is 9. The standard InChI is InChI=1S/C16H10BrFN4O2.C16H11FN4O2.C15H11FIN3O2/c1-2-12-13(21-16-20-6-10(18)7-22(12)16)15(24)8-3-9(5-19)14(23)11(17)4-8;1-2-12-14(20-16-19-7-11(17)8-21(12)16)15(23)9-3-4-13(22)10(5-9)6-18;1-2-11-13(19-15-18-6-9(16)7-20(11)15)14(22)8-3-4-12(21)10(17)5-8/h3-4,6-7,23H,2H2,1H3;3-5,7-8,22H,2H2,1H3;3-7,21H,2H2,1H3. The Morgan fingerprint density at radius 2 is 0.971 bits per heavy atom. The minimum absolute atomic E-state index is 0.00170. The highest BCUT2D eigenvalue weighted by Crippen LogP contribution is 2.31. The summed E-state index contributed by atoms with van der Waals surface area (Å²) in [7, 11) is 0. The molecule has 0 bridgehead atoms. The van der Waals surface area contributed by atoms with E-state index in [1.54, 1.807) is 6.07 Å². The van der Waals surface area contributed by atoms with Gasteiger partial charge in [0.2, 0.25) is 34.7 Å². The molecule has 0 spiro atoms. The molecule has 69 heavy (non-hydrogen) atoms. The normalized spacial score (nSPS) is 10.8. The SMILES string of the molecule is CCc1c(C(=O)c2cc(Br)c(O)c(C#N)c2)nc2ncc(F)cn12.CCc1c(C(=O)c2ccc(O)c(C#N)c2)nc2ncc(F)cn12.CCc1c(C(=O)c2ccc(O)c(I)c2)nc2ncc(F)cn12. The lowest BCUT2D eigenvalue weighted by atomic mass is 10.0. The monoisotopic (exact) mass is 1110 g/mol. The molecule has 346 valence electrons.